The number of aromatic nitrogens is 2. The van der Waals surface area contributed by atoms with Gasteiger partial charge in [0.05, 0.1) is 4.90 Å². The molecule has 0 amide bonds. The molecule has 0 bridgehead atoms. The molecule has 0 fully saturated rings. The van der Waals surface area contributed by atoms with Crippen molar-refractivity contribution in [3.63, 3.8) is 0 Å². The van der Waals surface area contributed by atoms with Crippen LogP contribution in [0.2, 0.25) is 0 Å². The van der Waals surface area contributed by atoms with Gasteiger partial charge in [-0.25, -0.2) is 13.1 Å². The number of benzene rings is 1. The second-order valence-electron chi connectivity index (χ2n) is 6.38. The smallest absolute Gasteiger partial charge is 0.211 e. The zero-order valence-corrected chi connectivity index (χ0v) is 14.7. The van der Waals surface area contributed by atoms with Crippen molar-refractivity contribution in [2.75, 3.05) is 6.54 Å². The Balaban J connectivity index is 1.98. The molecule has 0 unspecified atom stereocenters. The SMILES string of the molecule is CC(C)(C)CCCNS(=O)(=O)c1ccc(-c2csnn2)cc1. The standard InChI is InChI=1S/C15H21N3O2S2/c1-15(2,3)9-4-10-16-22(19,20)13-7-5-12(6-8-13)14-11-21-18-17-14/h5-8,11,16H,4,9-10H2,1-3H3. The molecule has 22 heavy (non-hydrogen) atoms. The minimum Gasteiger partial charge on any atom is -0.211 e. The summed E-state index contributed by atoms with van der Waals surface area (Å²) in [5.41, 5.74) is 1.83. The quantitative estimate of drug-likeness (QED) is 0.820. The molecular weight excluding hydrogens is 318 g/mol. The van der Waals surface area contributed by atoms with Crippen LogP contribution < -0.4 is 4.72 Å². The summed E-state index contributed by atoms with van der Waals surface area (Å²) in [6, 6.07) is 6.70. The summed E-state index contributed by atoms with van der Waals surface area (Å²) in [5.74, 6) is 0. The zero-order valence-electron chi connectivity index (χ0n) is 13.0. The van der Waals surface area contributed by atoms with E-state index in [2.05, 4.69) is 35.1 Å². The molecule has 0 aliphatic heterocycles. The van der Waals surface area contributed by atoms with Crippen LogP contribution in [-0.4, -0.2) is 24.5 Å². The molecule has 1 N–H and O–H groups in total. The van der Waals surface area contributed by atoms with Gasteiger partial charge in [0.2, 0.25) is 10.0 Å². The van der Waals surface area contributed by atoms with Crippen molar-refractivity contribution in [1.82, 2.24) is 14.3 Å². The van der Waals surface area contributed by atoms with E-state index in [1.165, 1.54) is 11.5 Å². The molecule has 7 heteroatoms. The fourth-order valence-electron chi connectivity index (χ4n) is 2.00. The van der Waals surface area contributed by atoms with Crippen LogP contribution in [0.3, 0.4) is 0 Å². The van der Waals surface area contributed by atoms with E-state index >= 15 is 0 Å². The molecule has 0 saturated heterocycles. The van der Waals surface area contributed by atoms with Gasteiger partial charge in [-0.2, -0.15) is 0 Å². The van der Waals surface area contributed by atoms with Gasteiger partial charge in [-0.3, -0.25) is 0 Å². The predicted molar refractivity (Wildman–Crippen MR) is 89.2 cm³/mol. The third-order valence-corrected chi connectivity index (χ3v) is 5.20. The topological polar surface area (TPSA) is 72.0 Å². The van der Waals surface area contributed by atoms with Crippen LogP contribution in [0.5, 0.6) is 0 Å². The van der Waals surface area contributed by atoms with Crippen LogP contribution in [0, 0.1) is 5.41 Å². The normalized spacial score (nSPS) is 12.5. The van der Waals surface area contributed by atoms with Crippen molar-refractivity contribution in [3.8, 4) is 11.3 Å². The molecule has 2 rings (SSSR count). The van der Waals surface area contributed by atoms with Crippen molar-refractivity contribution in [2.45, 2.75) is 38.5 Å². The lowest BCUT2D eigenvalue weighted by molar-refractivity contribution is 0.365. The number of hydrogen-bond acceptors (Lipinski definition) is 5. The van der Waals surface area contributed by atoms with Gasteiger partial charge in [0, 0.05) is 17.5 Å². The van der Waals surface area contributed by atoms with E-state index in [0.717, 1.165) is 24.1 Å². The largest absolute Gasteiger partial charge is 0.240 e. The van der Waals surface area contributed by atoms with E-state index in [1.54, 1.807) is 24.3 Å². The first-order valence-electron chi connectivity index (χ1n) is 7.15. The number of nitrogens with zero attached hydrogens (tertiary/aromatic N) is 2. The lowest BCUT2D eigenvalue weighted by Gasteiger charge is -2.17. The first kappa shape index (κ1) is 17.1. The first-order valence-corrected chi connectivity index (χ1v) is 9.47. The van der Waals surface area contributed by atoms with Gasteiger partial charge in [0.1, 0.15) is 5.69 Å². The van der Waals surface area contributed by atoms with Gasteiger partial charge in [0.25, 0.3) is 0 Å². The lowest BCUT2D eigenvalue weighted by Crippen LogP contribution is -2.25. The van der Waals surface area contributed by atoms with Gasteiger partial charge < -0.3 is 0 Å². The van der Waals surface area contributed by atoms with Crippen molar-refractivity contribution >= 4 is 21.6 Å². The van der Waals surface area contributed by atoms with Gasteiger partial charge in [0.15, 0.2) is 0 Å². The maximum atomic E-state index is 12.2. The molecule has 0 atom stereocenters. The minimum absolute atomic E-state index is 0.217. The first-order chi connectivity index (χ1) is 10.3. The van der Waals surface area contributed by atoms with Crippen molar-refractivity contribution in [1.29, 1.82) is 0 Å². The predicted octanol–water partition coefficient (Wildman–Crippen LogP) is 3.31. The minimum atomic E-state index is -3.45. The molecule has 5 nitrogen and oxygen atoms in total. The monoisotopic (exact) mass is 339 g/mol. The zero-order chi connectivity index (χ0) is 16.2. The summed E-state index contributed by atoms with van der Waals surface area (Å²) >= 11 is 1.27. The Morgan fingerprint density at radius 1 is 1.18 bits per heavy atom. The van der Waals surface area contributed by atoms with E-state index in [0.29, 0.717) is 6.54 Å². The third kappa shape index (κ3) is 4.86. The van der Waals surface area contributed by atoms with Crippen molar-refractivity contribution < 1.29 is 8.42 Å². The molecule has 2 aromatic rings. The van der Waals surface area contributed by atoms with E-state index in [4.69, 9.17) is 0 Å². The Morgan fingerprint density at radius 3 is 2.41 bits per heavy atom. The molecule has 0 aliphatic rings. The van der Waals surface area contributed by atoms with E-state index < -0.39 is 10.0 Å². The summed E-state index contributed by atoms with van der Waals surface area (Å²) in [6.45, 7) is 6.89. The van der Waals surface area contributed by atoms with E-state index in [-0.39, 0.29) is 10.3 Å². The Kier molecular flexibility index (Phi) is 5.31. The lowest BCUT2D eigenvalue weighted by atomic mass is 9.91. The average molecular weight is 339 g/mol. The van der Waals surface area contributed by atoms with Gasteiger partial charge >= 0.3 is 0 Å². The molecule has 120 valence electrons. The van der Waals surface area contributed by atoms with Crippen LogP contribution in [-0.2, 0) is 10.0 Å². The molecule has 0 radical (unpaired) electrons. The Labute approximate surface area is 136 Å². The summed E-state index contributed by atoms with van der Waals surface area (Å²) in [4.78, 5) is 0.273. The fourth-order valence-corrected chi connectivity index (χ4v) is 3.54. The summed E-state index contributed by atoms with van der Waals surface area (Å²) in [7, 11) is -3.45. The highest BCUT2D eigenvalue weighted by atomic mass is 32.2. The summed E-state index contributed by atoms with van der Waals surface area (Å²) < 4.78 is 30.9. The van der Waals surface area contributed by atoms with Gasteiger partial charge in [-0.15, -0.1) is 5.10 Å². The third-order valence-electron chi connectivity index (χ3n) is 3.22. The molecule has 1 heterocycles. The van der Waals surface area contributed by atoms with Crippen LogP contribution in [0.25, 0.3) is 11.3 Å². The Bertz CT molecular complexity index is 687. The average Bonchev–Trinajstić information content (AvgIpc) is 2.97. The Hall–Kier alpha value is -1.31. The van der Waals surface area contributed by atoms with Crippen LogP contribution in [0.1, 0.15) is 33.6 Å². The van der Waals surface area contributed by atoms with Crippen LogP contribution in [0.15, 0.2) is 34.5 Å². The maximum absolute atomic E-state index is 12.2. The second kappa shape index (κ2) is 6.85. The van der Waals surface area contributed by atoms with Gasteiger partial charge in [-0.1, -0.05) is 37.4 Å². The molecule has 0 spiro atoms. The molecule has 0 aliphatic carbocycles. The second-order valence-corrected chi connectivity index (χ2v) is 8.75. The summed E-state index contributed by atoms with van der Waals surface area (Å²) in [5, 5.41) is 5.79. The van der Waals surface area contributed by atoms with E-state index in [1.807, 2.05) is 5.38 Å². The highest BCUT2D eigenvalue weighted by molar-refractivity contribution is 7.89. The highest BCUT2D eigenvalue weighted by Gasteiger charge is 2.15. The van der Waals surface area contributed by atoms with Crippen molar-refractivity contribution in [3.05, 3.63) is 29.6 Å². The van der Waals surface area contributed by atoms with Crippen molar-refractivity contribution in [2.24, 2.45) is 5.41 Å². The highest BCUT2D eigenvalue weighted by Crippen LogP contribution is 2.21. The maximum Gasteiger partial charge on any atom is 0.240 e. The molecule has 0 saturated carbocycles. The number of rotatable bonds is 6. The number of hydrogen-bond donors (Lipinski definition) is 1. The Morgan fingerprint density at radius 2 is 1.86 bits per heavy atom. The fraction of sp³-hybridized carbons (Fsp3) is 0.467. The van der Waals surface area contributed by atoms with Crippen LogP contribution >= 0.6 is 11.5 Å². The van der Waals surface area contributed by atoms with Gasteiger partial charge in [-0.05, 0) is 41.9 Å². The summed E-state index contributed by atoms with van der Waals surface area (Å²) in [6.07, 6.45) is 1.80. The molecule has 1 aromatic carbocycles. The molecular formula is C15H21N3O2S2. The number of nitrogens with one attached hydrogen (secondary N) is 1. The number of sulfonamides is 1. The molecule has 1 aromatic heterocycles. The van der Waals surface area contributed by atoms with Crippen LogP contribution in [0.4, 0.5) is 0 Å². The van der Waals surface area contributed by atoms with E-state index in [9.17, 15) is 8.42 Å².